The highest BCUT2D eigenvalue weighted by atomic mass is 15.2. The molecule has 0 aromatic rings. The molecule has 1 saturated carbocycles. The van der Waals surface area contributed by atoms with E-state index in [-0.39, 0.29) is 0 Å². The molecule has 0 aromatic carbocycles. The van der Waals surface area contributed by atoms with Crippen LogP contribution in [0, 0.1) is 5.92 Å². The Morgan fingerprint density at radius 3 is 2.11 bits per heavy atom. The van der Waals surface area contributed by atoms with Crippen LogP contribution in [0.25, 0.3) is 0 Å². The Morgan fingerprint density at radius 1 is 1.06 bits per heavy atom. The van der Waals surface area contributed by atoms with Crippen LogP contribution in [-0.4, -0.2) is 30.1 Å². The minimum atomic E-state index is 0.321. The Morgan fingerprint density at radius 2 is 1.67 bits per heavy atom. The number of nitrogens with zero attached hydrogens (tertiary/aromatic N) is 1. The van der Waals surface area contributed by atoms with Gasteiger partial charge in [0.15, 0.2) is 0 Å². The van der Waals surface area contributed by atoms with E-state index in [2.05, 4.69) is 25.7 Å². The first-order chi connectivity index (χ1) is 8.64. The van der Waals surface area contributed by atoms with Crippen LogP contribution in [0.3, 0.4) is 0 Å². The smallest absolute Gasteiger partial charge is 0.0331 e. The summed E-state index contributed by atoms with van der Waals surface area (Å²) in [5.74, 6) is 0.796. The molecule has 0 amide bonds. The van der Waals surface area contributed by atoms with Gasteiger partial charge in [-0.25, -0.2) is 0 Å². The fourth-order valence-corrected chi connectivity index (χ4v) is 3.31. The molecule has 0 spiro atoms. The van der Waals surface area contributed by atoms with Crippen LogP contribution in [0.5, 0.6) is 0 Å². The van der Waals surface area contributed by atoms with Gasteiger partial charge in [0, 0.05) is 12.1 Å². The van der Waals surface area contributed by atoms with Crippen molar-refractivity contribution < 1.29 is 0 Å². The SMILES string of the molecule is CCCN(CCC(C)C)C1(CN)CCCCCC1. The molecule has 0 bridgehead atoms. The van der Waals surface area contributed by atoms with Crippen molar-refractivity contribution in [3.05, 3.63) is 0 Å². The highest BCUT2D eigenvalue weighted by Gasteiger charge is 2.34. The molecule has 0 heterocycles. The summed E-state index contributed by atoms with van der Waals surface area (Å²) in [6.07, 6.45) is 10.8. The molecule has 1 aliphatic rings. The molecule has 18 heavy (non-hydrogen) atoms. The molecule has 1 rings (SSSR count). The molecular formula is C16H34N2. The van der Waals surface area contributed by atoms with Gasteiger partial charge in [-0.3, -0.25) is 4.90 Å². The predicted octanol–water partition coefficient (Wildman–Crippen LogP) is 3.80. The maximum Gasteiger partial charge on any atom is 0.0331 e. The molecule has 0 aliphatic heterocycles. The second-order valence-electron chi connectivity index (χ2n) is 6.51. The largest absolute Gasteiger partial charge is 0.329 e. The highest BCUT2D eigenvalue weighted by molar-refractivity contribution is 4.93. The van der Waals surface area contributed by atoms with Gasteiger partial charge < -0.3 is 5.73 Å². The van der Waals surface area contributed by atoms with E-state index in [9.17, 15) is 0 Å². The molecular weight excluding hydrogens is 220 g/mol. The maximum atomic E-state index is 6.20. The number of hydrogen-bond acceptors (Lipinski definition) is 2. The van der Waals surface area contributed by atoms with Gasteiger partial charge in [0.2, 0.25) is 0 Å². The van der Waals surface area contributed by atoms with E-state index in [1.165, 1.54) is 64.5 Å². The summed E-state index contributed by atoms with van der Waals surface area (Å²) in [6.45, 7) is 10.3. The minimum Gasteiger partial charge on any atom is -0.329 e. The third-order valence-electron chi connectivity index (χ3n) is 4.55. The Kier molecular flexibility index (Phi) is 7.25. The lowest BCUT2D eigenvalue weighted by atomic mass is 9.87. The van der Waals surface area contributed by atoms with Gasteiger partial charge in [0.1, 0.15) is 0 Å². The zero-order valence-electron chi connectivity index (χ0n) is 12.9. The van der Waals surface area contributed by atoms with E-state index < -0.39 is 0 Å². The molecule has 2 heteroatoms. The quantitative estimate of drug-likeness (QED) is 0.700. The first kappa shape index (κ1) is 16.0. The van der Waals surface area contributed by atoms with Crippen molar-refractivity contribution >= 4 is 0 Å². The minimum absolute atomic E-state index is 0.321. The summed E-state index contributed by atoms with van der Waals surface area (Å²) in [4.78, 5) is 2.73. The van der Waals surface area contributed by atoms with Gasteiger partial charge in [-0.15, -0.1) is 0 Å². The predicted molar refractivity (Wildman–Crippen MR) is 80.8 cm³/mol. The van der Waals surface area contributed by atoms with Crippen molar-refractivity contribution in [3.63, 3.8) is 0 Å². The van der Waals surface area contributed by atoms with E-state index in [1.54, 1.807) is 0 Å². The lowest BCUT2D eigenvalue weighted by molar-refractivity contribution is 0.0727. The Hall–Kier alpha value is -0.0800. The van der Waals surface area contributed by atoms with Crippen LogP contribution >= 0.6 is 0 Å². The molecule has 2 N–H and O–H groups in total. The average Bonchev–Trinajstić information content (AvgIpc) is 2.60. The van der Waals surface area contributed by atoms with Gasteiger partial charge in [-0.1, -0.05) is 46.5 Å². The monoisotopic (exact) mass is 254 g/mol. The second kappa shape index (κ2) is 8.16. The van der Waals surface area contributed by atoms with Crippen molar-refractivity contribution in [2.45, 2.75) is 77.7 Å². The topological polar surface area (TPSA) is 29.3 Å². The van der Waals surface area contributed by atoms with Gasteiger partial charge in [-0.2, -0.15) is 0 Å². The van der Waals surface area contributed by atoms with Crippen molar-refractivity contribution in [2.24, 2.45) is 11.7 Å². The molecule has 0 unspecified atom stereocenters. The van der Waals surface area contributed by atoms with E-state index in [1.807, 2.05) is 0 Å². The van der Waals surface area contributed by atoms with Gasteiger partial charge in [0.25, 0.3) is 0 Å². The van der Waals surface area contributed by atoms with Crippen molar-refractivity contribution in [2.75, 3.05) is 19.6 Å². The molecule has 108 valence electrons. The molecule has 0 atom stereocenters. The van der Waals surface area contributed by atoms with Crippen LogP contribution in [-0.2, 0) is 0 Å². The standard InChI is InChI=1S/C16H34N2/c1-4-12-18(13-9-15(2)3)16(14-17)10-7-5-6-8-11-16/h15H,4-14,17H2,1-3H3. The Balaban J connectivity index is 2.70. The van der Waals surface area contributed by atoms with Crippen LogP contribution in [0.4, 0.5) is 0 Å². The van der Waals surface area contributed by atoms with Crippen molar-refractivity contribution in [3.8, 4) is 0 Å². The van der Waals surface area contributed by atoms with E-state index in [0.29, 0.717) is 5.54 Å². The Bertz CT molecular complexity index is 205. The molecule has 1 fully saturated rings. The fraction of sp³-hybridized carbons (Fsp3) is 1.00. The summed E-state index contributed by atoms with van der Waals surface area (Å²) in [5.41, 5.74) is 6.52. The number of hydrogen-bond donors (Lipinski definition) is 1. The molecule has 2 nitrogen and oxygen atoms in total. The zero-order valence-corrected chi connectivity index (χ0v) is 12.9. The first-order valence-electron chi connectivity index (χ1n) is 8.10. The summed E-state index contributed by atoms with van der Waals surface area (Å²) in [6, 6.07) is 0. The highest BCUT2D eigenvalue weighted by Crippen LogP contribution is 2.32. The van der Waals surface area contributed by atoms with Crippen LogP contribution in [0.2, 0.25) is 0 Å². The van der Waals surface area contributed by atoms with E-state index >= 15 is 0 Å². The van der Waals surface area contributed by atoms with E-state index in [0.717, 1.165) is 12.5 Å². The second-order valence-corrected chi connectivity index (χ2v) is 6.51. The zero-order chi connectivity index (χ0) is 13.4. The van der Waals surface area contributed by atoms with Crippen LogP contribution in [0.15, 0.2) is 0 Å². The lowest BCUT2D eigenvalue weighted by Crippen LogP contribution is -2.54. The van der Waals surface area contributed by atoms with Crippen molar-refractivity contribution in [1.82, 2.24) is 4.90 Å². The number of rotatable bonds is 7. The molecule has 1 aliphatic carbocycles. The molecule has 0 radical (unpaired) electrons. The molecule has 0 aromatic heterocycles. The first-order valence-corrected chi connectivity index (χ1v) is 8.10. The summed E-state index contributed by atoms with van der Waals surface area (Å²) in [7, 11) is 0. The van der Waals surface area contributed by atoms with Crippen molar-refractivity contribution in [1.29, 1.82) is 0 Å². The van der Waals surface area contributed by atoms with Crippen LogP contribution in [0.1, 0.15) is 72.1 Å². The summed E-state index contributed by atoms with van der Waals surface area (Å²) in [5, 5.41) is 0. The summed E-state index contributed by atoms with van der Waals surface area (Å²) >= 11 is 0. The fourth-order valence-electron chi connectivity index (χ4n) is 3.31. The Labute approximate surface area is 114 Å². The third kappa shape index (κ3) is 4.55. The summed E-state index contributed by atoms with van der Waals surface area (Å²) < 4.78 is 0. The molecule has 0 saturated heterocycles. The maximum absolute atomic E-state index is 6.20. The van der Waals surface area contributed by atoms with E-state index in [4.69, 9.17) is 5.73 Å². The van der Waals surface area contributed by atoms with Gasteiger partial charge >= 0.3 is 0 Å². The van der Waals surface area contributed by atoms with Gasteiger partial charge in [-0.05, 0) is 44.7 Å². The van der Waals surface area contributed by atoms with Gasteiger partial charge in [0.05, 0.1) is 0 Å². The van der Waals surface area contributed by atoms with Crippen LogP contribution < -0.4 is 5.73 Å². The third-order valence-corrected chi connectivity index (χ3v) is 4.55. The lowest BCUT2D eigenvalue weighted by Gasteiger charge is -2.43. The average molecular weight is 254 g/mol. The number of nitrogens with two attached hydrogens (primary N) is 1. The normalized spacial score (nSPS) is 20.3.